The second kappa shape index (κ2) is 6.10. The fraction of sp³-hybridized carbons (Fsp3) is 0.643. The Balaban J connectivity index is 2.03. The van der Waals surface area contributed by atoms with Crippen molar-refractivity contribution in [2.75, 3.05) is 19.6 Å². The predicted octanol–water partition coefficient (Wildman–Crippen LogP) is 1.29. The third-order valence-corrected chi connectivity index (χ3v) is 3.81. The number of likely N-dealkylation sites (tertiary alicyclic amines) is 1. The third kappa shape index (κ3) is 3.29. The minimum atomic E-state index is 0.0849. The molecule has 1 aliphatic rings. The van der Waals surface area contributed by atoms with Crippen LogP contribution in [0.25, 0.3) is 0 Å². The van der Waals surface area contributed by atoms with Crippen molar-refractivity contribution in [1.82, 2.24) is 15.1 Å². The molecule has 2 rings (SSSR count). The molecule has 5 nitrogen and oxygen atoms in total. The normalized spacial score (nSPS) is 16.7. The number of amides is 1. The number of nitrogens with zero attached hydrogens (tertiary/aromatic N) is 3. The predicted molar refractivity (Wildman–Crippen MR) is 73.8 cm³/mol. The second-order valence-corrected chi connectivity index (χ2v) is 5.30. The molecule has 1 amide bonds. The van der Waals surface area contributed by atoms with Crippen molar-refractivity contribution in [3.63, 3.8) is 0 Å². The molecule has 0 saturated carbocycles. The average Bonchev–Trinajstić information content (AvgIpc) is 2.42. The molecule has 0 unspecified atom stereocenters. The Hall–Kier alpha value is -1.49. The lowest BCUT2D eigenvalue weighted by Crippen LogP contribution is -2.39. The zero-order valence-electron chi connectivity index (χ0n) is 11.7. The summed E-state index contributed by atoms with van der Waals surface area (Å²) in [5, 5.41) is 7.99. The Labute approximate surface area is 114 Å². The number of carbonyl (C=O) groups excluding carboxylic acids is 1. The molecule has 104 valence electrons. The van der Waals surface area contributed by atoms with Crippen molar-refractivity contribution in [2.24, 2.45) is 11.7 Å². The molecule has 5 heteroatoms. The Morgan fingerprint density at radius 3 is 2.68 bits per heavy atom. The maximum absolute atomic E-state index is 12.5. The van der Waals surface area contributed by atoms with Crippen LogP contribution in [0.3, 0.4) is 0 Å². The lowest BCUT2D eigenvalue weighted by Gasteiger charge is -2.32. The van der Waals surface area contributed by atoms with Gasteiger partial charge in [0, 0.05) is 13.1 Å². The summed E-state index contributed by atoms with van der Waals surface area (Å²) in [5.74, 6) is 0.758. The van der Waals surface area contributed by atoms with Crippen LogP contribution in [0.4, 0.5) is 0 Å². The number of rotatable bonds is 3. The van der Waals surface area contributed by atoms with Crippen LogP contribution in [-0.2, 0) is 0 Å². The molecule has 0 atom stereocenters. The molecule has 2 N–H and O–H groups in total. The van der Waals surface area contributed by atoms with Gasteiger partial charge < -0.3 is 10.6 Å². The molecule has 0 radical (unpaired) electrons. The van der Waals surface area contributed by atoms with Gasteiger partial charge in [0.15, 0.2) is 0 Å². The van der Waals surface area contributed by atoms with E-state index in [0.717, 1.165) is 44.6 Å². The fourth-order valence-corrected chi connectivity index (χ4v) is 2.60. The maximum Gasteiger partial charge on any atom is 0.255 e. The number of aromatic nitrogens is 2. The summed E-state index contributed by atoms with van der Waals surface area (Å²) in [6.07, 6.45) is 3.18. The maximum atomic E-state index is 12.5. The highest BCUT2D eigenvalue weighted by Gasteiger charge is 2.24. The zero-order chi connectivity index (χ0) is 13.8. The van der Waals surface area contributed by atoms with Crippen molar-refractivity contribution in [1.29, 1.82) is 0 Å². The van der Waals surface area contributed by atoms with Gasteiger partial charge in [0.25, 0.3) is 5.91 Å². The van der Waals surface area contributed by atoms with Crippen LogP contribution in [0.15, 0.2) is 6.07 Å². The second-order valence-electron chi connectivity index (χ2n) is 5.30. The first kappa shape index (κ1) is 13.9. The largest absolute Gasteiger partial charge is 0.339 e. The smallest absolute Gasteiger partial charge is 0.255 e. The van der Waals surface area contributed by atoms with Gasteiger partial charge in [-0.15, -0.1) is 0 Å². The van der Waals surface area contributed by atoms with Crippen molar-refractivity contribution in [2.45, 2.75) is 33.1 Å². The van der Waals surface area contributed by atoms with E-state index in [1.54, 1.807) is 0 Å². The van der Waals surface area contributed by atoms with Gasteiger partial charge in [-0.2, -0.15) is 10.2 Å². The molecule has 19 heavy (non-hydrogen) atoms. The van der Waals surface area contributed by atoms with Gasteiger partial charge in [-0.05, 0) is 51.6 Å². The number of piperidine rings is 1. The van der Waals surface area contributed by atoms with Crippen molar-refractivity contribution < 1.29 is 4.79 Å². The van der Waals surface area contributed by atoms with Gasteiger partial charge in [-0.25, -0.2) is 0 Å². The Bertz CT molecular complexity index is 453. The molecular weight excluding hydrogens is 240 g/mol. The summed E-state index contributed by atoms with van der Waals surface area (Å²) in [6.45, 7) is 6.08. The first-order chi connectivity index (χ1) is 9.11. The molecule has 0 aromatic carbocycles. The van der Waals surface area contributed by atoms with Crippen LogP contribution in [-0.4, -0.2) is 40.6 Å². The van der Waals surface area contributed by atoms with Gasteiger partial charge in [0.2, 0.25) is 0 Å². The molecule has 1 aliphatic heterocycles. The topological polar surface area (TPSA) is 72.1 Å². The molecular formula is C14H22N4O. The minimum absolute atomic E-state index is 0.0849. The van der Waals surface area contributed by atoms with Crippen LogP contribution >= 0.6 is 0 Å². The summed E-state index contributed by atoms with van der Waals surface area (Å²) in [5.41, 5.74) is 7.76. The first-order valence-corrected chi connectivity index (χ1v) is 6.92. The molecule has 1 aromatic rings. The van der Waals surface area contributed by atoms with E-state index >= 15 is 0 Å². The molecule has 1 aromatic heterocycles. The molecule has 0 aliphatic carbocycles. The van der Waals surface area contributed by atoms with E-state index in [0.29, 0.717) is 17.2 Å². The van der Waals surface area contributed by atoms with E-state index < -0.39 is 0 Å². The van der Waals surface area contributed by atoms with Crippen molar-refractivity contribution in [3.8, 4) is 0 Å². The average molecular weight is 262 g/mol. The quantitative estimate of drug-likeness (QED) is 0.891. The zero-order valence-corrected chi connectivity index (χ0v) is 11.7. The highest BCUT2D eigenvalue weighted by atomic mass is 16.2. The highest BCUT2D eigenvalue weighted by Crippen LogP contribution is 2.21. The molecule has 0 spiro atoms. The Morgan fingerprint density at radius 2 is 2.05 bits per heavy atom. The molecule has 1 fully saturated rings. The van der Waals surface area contributed by atoms with Crippen LogP contribution < -0.4 is 5.73 Å². The number of nitrogens with two attached hydrogens (primary N) is 1. The van der Waals surface area contributed by atoms with E-state index in [-0.39, 0.29) is 5.91 Å². The number of carbonyl (C=O) groups is 1. The van der Waals surface area contributed by atoms with Gasteiger partial charge in [0.1, 0.15) is 0 Å². The fourth-order valence-electron chi connectivity index (χ4n) is 2.60. The van der Waals surface area contributed by atoms with E-state index in [9.17, 15) is 4.79 Å². The van der Waals surface area contributed by atoms with Gasteiger partial charge in [-0.3, -0.25) is 4.79 Å². The summed E-state index contributed by atoms with van der Waals surface area (Å²) < 4.78 is 0. The van der Waals surface area contributed by atoms with Crippen molar-refractivity contribution in [3.05, 3.63) is 23.0 Å². The Kier molecular flexibility index (Phi) is 4.47. The first-order valence-electron chi connectivity index (χ1n) is 6.92. The standard InChI is InChI=1S/C14H22N4O/c1-10-9-13(11(2)17-16-10)14(19)18-7-4-12(3-6-15)5-8-18/h9,12H,3-8,15H2,1-2H3. The van der Waals surface area contributed by atoms with E-state index in [1.165, 1.54) is 0 Å². The molecule has 2 heterocycles. The van der Waals surface area contributed by atoms with Gasteiger partial charge >= 0.3 is 0 Å². The monoisotopic (exact) mass is 262 g/mol. The highest BCUT2D eigenvalue weighted by molar-refractivity contribution is 5.95. The minimum Gasteiger partial charge on any atom is -0.339 e. The Morgan fingerprint density at radius 1 is 1.37 bits per heavy atom. The van der Waals surface area contributed by atoms with E-state index in [1.807, 2.05) is 24.8 Å². The van der Waals surface area contributed by atoms with Crippen LogP contribution in [0.2, 0.25) is 0 Å². The SMILES string of the molecule is Cc1cc(C(=O)N2CCC(CCN)CC2)c(C)nn1. The number of hydrogen-bond donors (Lipinski definition) is 1. The van der Waals surface area contributed by atoms with Gasteiger partial charge in [0.05, 0.1) is 17.0 Å². The van der Waals surface area contributed by atoms with Crippen LogP contribution in [0, 0.1) is 19.8 Å². The van der Waals surface area contributed by atoms with E-state index in [4.69, 9.17) is 5.73 Å². The molecule has 0 bridgehead atoms. The summed E-state index contributed by atoms with van der Waals surface area (Å²) in [7, 11) is 0. The number of aryl methyl sites for hydroxylation is 2. The third-order valence-electron chi connectivity index (χ3n) is 3.81. The summed E-state index contributed by atoms with van der Waals surface area (Å²) in [6, 6.07) is 1.83. The van der Waals surface area contributed by atoms with Crippen LogP contribution in [0.1, 0.15) is 41.0 Å². The van der Waals surface area contributed by atoms with Crippen LogP contribution in [0.5, 0.6) is 0 Å². The number of hydrogen-bond acceptors (Lipinski definition) is 4. The molecule has 1 saturated heterocycles. The lowest BCUT2D eigenvalue weighted by molar-refractivity contribution is 0.0686. The lowest BCUT2D eigenvalue weighted by atomic mass is 9.93. The summed E-state index contributed by atoms with van der Waals surface area (Å²) >= 11 is 0. The van der Waals surface area contributed by atoms with Crippen molar-refractivity contribution >= 4 is 5.91 Å². The van der Waals surface area contributed by atoms with Gasteiger partial charge in [-0.1, -0.05) is 0 Å². The summed E-state index contributed by atoms with van der Waals surface area (Å²) in [4.78, 5) is 14.4. The van der Waals surface area contributed by atoms with E-state index in [2.05, 4.69) is 10.2 Å².